The minimum atomic E-state index is 0.134. The molecule has 1 aromatic heterocycles. The number of piperidine rings is 1. The summed E-state index contributed by atoms with van der Waals surface area (Å²) in [6, 6.07) is 6.58. The van der Waals surface area contributed by atoms with Gasteiger partial charge in [-0.25, -0.2) is 0 Å². The Labute approximate surface area is 103 Å². The van der Waals surface area contributed by atoms with Gasteiger partial charge in [-0.1, -0.05) is 13.0 Å². The van der Waals surface area contributed by atoms with Crippen molar-refractivity contribution in [1.82, 2.24) is 9.88 Å². The molecule has 3 heteroatoms. The van der Waals surface area contributed by atoms with Gasteiger partial charge in [0.15, 0.2) is 0 Å². The Morgan fingerprint density at radius 3 is 2.82 bits per heavy atom. The van der Waals surface area contributed by atoms with Crippen LogP contribution in [0.2, 0.25) is 0 Å². The Hall–Kier alpha value is -1.22. The lowest BCUT2D eigenvalue weighted by Crippen LogP contribution is -2.47. The second-order valence-corrected chi connectivity index (χ2v) is 4.91. The third-order valence-corrected chi connectivity index (χ3v) is 3.98. The van der Waals surface area contributed by atoms with E-state index in [9.17, 15) is 4.79 Å². The summed E-state index contributed by atoms with van der Waals surface area (Å²) in [6.07, 6.45) is 2.50. The van der Waals surface area contributed by atoms with Crippen LogP contribution in [-0.4, -0.2) is 28.3 Å². The average molecular weight is 232 g/mol. The first kappa shape index (κ1) is 12.2. The number of likely N-dealkylation sites (tertiary alicyclic amines) is 1. The Morgan fingerprint density at radius 2 is 2.18 bits per heavy atom. The van der Waals surface area contributed by atoms with Crippen molar-refractivity contribution in [1.29, 1.82) is 0 Å². The van der Waals surface area contributed by atoms with Gasteiger partial charge in [0, 0.05) is 37.2 Å². The van der Waals surface area contributed by atoms with Crippen LogP contribution in [0.15, 0.2) is 24.4 Å². The van der Waals surface area contributed by atoms with Gasteiger partial charge < -0.3 is 0 Å². The summed E-state index contributed by atoms with van der Waals surface area (Å²) >= 11 is 0. The zero-order valence-corrected chi connectivity index (χ0v) is 10.8. The highest BCUT2D eigenvalue weighted by atomic mass is 16.1. The second kappa shape index (κ2) is 4.96. The van der Waals surface area contributed by atoms with Crippen molar-refractivity contribution >= 4 is 5.78 Å². The molecule has 1 saturated heterocycles. The highest BCUT2D eigenvalue weighted by Gasteiger charge is 2.33. The third-order valence-electron chi connectivity index (χ3n) is 3.98. The molecule has 1 fully saturated rings. The zero-order valence-electron chi connectivity index (χ0n) is 10.8. The van der Waals surface area contributed by atoms with E-state index in [0.717, 1.165) is 12.2 Å². The van der Waals surface area contributed by atoms with Crippen LogP contribution in [0, 0.1) is 5.92 Å². The molecule has 2 rings (SSSR count). The molecule has 1 aliphatic heterocycles. The lowest BCUT2D eigenvalue weighted by Gasteiger charge is -2.40. The molecule has 0 spiro atoms. The topological polar surface area (TPSA) is 33.2 Å². The van der Waals surface area contributed by atoms with Crippen molar-refractivity contribution in [2.24, 2.45) is 5.92 Å². The van der Waals surface area contributed by atoms with Gasteiger partial charge in [0.05, 0.1) is 5.69 Å². The van der Waals surface area contributed by atoms with E-state index in [1.165, 1.54) is 0 Å². The van der Waals surface area contributed by atoms with E-state index in [1.54, 1.807) is 0 Å². The summed E-state index contributed by atoms with van der Waals surface area (Å²) < 4.78 is 0. The van der Waals surface area contributed by atoms with E-state index in [1.807, 2.05) is 25.3 Å². The first-order valence-electron chi connectivity index (χ1n) is 6.30. The van der Waals surface area contributed by atoms with Crippen LogP contribution in [0.5, 0.6) is 0 Å². The molecule has 0 N–H and O–H groups in total. The maximum Gasteiger partial charge on any atom is 0.138 e. The Balaban J connectivity index is 2.15. The highest BCUT2D eigenvalue weighted by Crippen LogP contribution is 2.28. The molecule has 0 amide bonds. The number of rotatable bonds is 2. The average Bonchev–Trinajstić information content (AvgIpc) is 2.36. The SMILES string of the molecule is CC1C(=O)CCN(C(C)c2ccccn2)C1C. The van der Waals surface area contributed by atoms with Crippen LogP contribution in [0.3, 0.4) is 0 Å². The molecular weight excluding hydrogens is 212 g/mol. The van der Waals surface area contributed by atoms with Crippen molar-refractivity contribution in [3.63, 3.8) is 0 Å². The van der Waals surface area contributed by atoms with E-state index in [-0.39, 0.29) is 12.0 Å². The van der Waals surface area contributed by atoms with Gasteiger partial charge >= 0.3 is 0 Å². The molecule has 3 atom stereocenters. The number of hydrogen-bond donors (Lipinski definition) is 0. The van der Waals surface area contributed by atoms with Crippen molar-refractivity contribution in [2.45, 2.75) is 39.3 Å². The van der Waals surface area contributed by atoms with Gasteiger partial charge in [-0.05, 0) is 26.0 Å². The van der Waals surface area contributed by atoms with Crippen molar-refractivity contribution < 1.29 is 4.79 Å². The Kier molecular flexibility index (Phi) is 3.57. The van der Waals surface area contributed by atoms with Crippen LogP contribution < -0.4 is 0 Å². The first-order valence-corrected chi connectivity index (χ1v) is 6.30. The maximum absolute atomic E-state index is 11.7. The zero-order chi connectivity index (χ0) is 12.4. The molecule has 3 unspecified atom stereocenters. The third kappa shape index (κ3) is 2.39. The summed E-state index contributed by atoms with van der Waals surface area (Å²) in [6.45, 7) is 7.19. The predicted molar refractivity (Wildman–Crippen MR) is 67.6 cm³/mol. The van der Waals surface area contributed by atoms with Gasteiger partial charge in [-0.3, -0.25) is 14.7 Å². The molecule has 2 heterocycles. The lowest BCUT2D eigenvalue weighted by atomic mass is 9.89. The first-order chi connectivity index (χ1) is 8.11. The summed E-state index contributed by atoms with van der Waals surface area (Å²) in [4.78, 5) is 18.5. The van der Waals surface area contributed by atoms with Gasteiger partial charge in [0.25, 0.3) is 0 Å². The van der Waals surface area contributed by atoms with E-state index in [4.69, 9.17) is 0 Å². The minimum absolute atomic E-state index is 0.134. The van der Waals surface area contributed by atoms with Gasteiger partial charge in [0.2, 0.25) is 0 Å². The van der Waals surface area contributed by atoms with Crippen LogP contribution in [0.25, 0.3) is 0 Å². The fourth-order valence-electron chi connectivity index (χ4n) is 2.57. The van der Waals surface area contributed by atoms with Crippen LogP contribution >= 0.6 is 0 Å². The lowest BCUT2D eigenvalue weighted by molar-refractivity contribution is -0.128. The van der Waals surface area contributed by atoms with Crippen LogP contribution in [-0.2, 0) is 4.79 Å². The van der Waals surface area contributed by atoms with Gasteiger partial charge in [-0.2, -0.15) is 0 Å². The molecule has 0 aromatic carbocycles. The normalized spacial score (nSPS) is 28.1. The largest absolute Gasteiger partial charge is 0.299 e. The van der Waals surface area contributed by atoms with Crippen molar-refractivity contribution in [2.75, 3.05) is 6.54 Å². The number of carbonyl (C=O) groups excluding carboxylic acids is 1. The van der Waals surface area contributed by atoms with Gasteiger partial charge in [-0.15, -0.1) is 0 Å². The fourth-order valence-corrected chi connectivity index (χ4v) is 2.57. The number of hydrogen-bond acceptors (Lipinski definition) is 3. The molecule has 17 heavy (non-hydrogen) atoms. The van der Waals surface area contributed by atoms with E-state index in [0.29, 0.717) is 18.2 Å². The van der Waals surface area contributed by atoms with Crippen molar-refractivity contribution in [3.05, 3.63) is 30.1 Å². The molecule has 0 bridgehead atoms. The smallest absolute Gasteiger partial charge is 0.138 e. The summed E-state index contributed by atoms with van der Waals surface area (Å²) in [5, 5.41) is 0. The Bertz CT molecular complexity index is 390. The predicted octanol–water partition coefficient (Wildman–Crippen LogP) is 2.44. The summed E-state index contributed by atoms with van der Waals surface area (Å²) in [5.74, 6) is 0.525. The monoisotopic (exact) mass is 232 g/mol. The number of nitrogens with zero attached hydrogens (tertiary/aromatic N) is 2. The molecule has 1 aromatic rings. The fraction of sp³-hybridized carbons (Fsp3) is 0.571. The molecule has 0 saturated carbocycles. The molecule has 0 radical (unpaired) electrons. The van der Waals surface area contributed by atoms with Crippen LogP contribution in [0.1, 0.15) is 38.9 Å². The molecule has 3 nitrogen and oxygen atoms in total. The maximum atomic E-state index is 11.7. The van der Waals surface area contributed by atoms with Crippen LogP contribution in [0.4, 0.5) is 0 Å². The number of ketones is 1. The summed E-state index contributed by atoms with van der Waals surface area (Å²) in [7, 11) is 0. The number of aromatic nitrogens is 1. The molecule has 92 valence electrons. The minimum Gasteiger partial charge on any atom is -0.299 e. The van der Waals surface area contributed by atoms with E-state index >= 15 is 0 Å². The number of carbonyl (C=O) groups is 1. The second-order valence-electron chi connectivity index (χ2n) is 4.91. The number of pyridine rings is 1. The van der Waals surface area contributed by atoms with E-state index in [2.05, 4.69) is 29.8 Å². The Morgan fingerprint density at radius 1 is 1.41 bits per heavy atom. The highest BCUT2D eigenvalue weighted by molar-refractivity contribution is 5.82. The molecule has 1 aliphatic rings. The summed E-state index contributed by atoms with van der Waals surface area (Å²) in [5.41, 5.74) is 1.08. The van der Waals surface area contributed by atoms with Crippen molar-refractivity contribution in [3.8, 4) is 0 Å². The quantitative estimate of drug-likeness (QED) is 0.785. The standard InChI is InChI=1S/C14H20N2O/c1-10-11(2)16(9-7-14(10)17)12(3)13-6-4-5-8-15-13/h4-6,8,10-12H,7,9H2,1-3H3. The molecule has 0 aliphatic carbocycles. The number of Topliss-reactive ketones (excluding diaryl/α,β-unsaturated/α-hetero) is 1. The molecular formula is C14H20N2O. The van der Waals surface area contributed by atoms with E-state index < -0.39 is 0 Å². The van der Waals surface area contributed by atoms with Gasteiger partial charge in [0.1, 0.15) is 5.78 Å².